The number of hydrogen-bond acceptors (Lipinski definition) is 3. The molecule has 0 heterocycles. The van der Waals surface area contributed by atoms with Gasteiger partial charge in [0.25, 0.3) is 0 Å². The third kappa shape index (κ3) is 3.46. The maximum atomic E-state index is 11.1. The van der Waals surface area contributed by atoms with Crippen molar-refractivity contribution < 1.29 is 14.3 Å². The van der Waals surface area contributed by atoms with E-state index in [1.807, 2.05) is 6.92 Å². The number of ether oxygens (including phenoxy) is 2. The summed E-state index contributed by atoms with van der Waals surface area (Å²) in [6, 6.07) is 6.80. The Morgan fingerprint density at radius 1 is 1.33 bits per heavy atom. The van der Waals surface area contributed by atoms with Gasteiger partial charge in [0, 0.05) is 0 Å². The molecule has 80 valence electrons. The Kier molecular flexibility index (Phi) is 3.92. The molecule has 0 spiro atoms. The molecular weight excluding hydrogens is 192 g/mol. The second-order valence-corrected chi connectivity index (χ2v) is 3.26. The Balaban J connectivity index is 2.64. The smallest absolute Gasteiger partial charge is 0.337 e. The number of rotatable bonds is 4. The van der Waals surface area contributed by atoms with Crippen LogP contribution in [0.3, 0.4) is 0 Å². The molecule has 0 aliphatic heterocycles. The van der Waals surface area contributed by atoms with E-state index in [0.717, 1.165) is 5.57 Å². The van der Waals surface area contributed by atoms with Crippen LogP contribution in [0.4, 0.5) is 0 Å². The van der Waals surface area contributed by atoms with Gasteiger partial charge in [0.15, 0.2) is 0 Å². The lowest BCUT2D eigenvalue weighted by molar-refractivity contribution is 0.0600. The second-order valence-electron chi connectivity index (χ2n) is 3.26. The topological polar surface area (TPSA) is 35.5 Å². The summed E-state index contributed by atoms with van der Waals surface area (Å²) in [5.41, 5.74) is 1.47. The van der Waals surface area contributed by atoms with Crippen LogP contribution in [-0.2, 0) is 4.74 Å². The SMILES string of the molecule is C=C(C)COc1ccc(C(=O)OC)cc1. The summed E-state index contributed by atoms with van der Waals surface area (Å²) in [6.07, 6.45) is 0. The van der Waals surface area contributed by atoms with E-state index in [1.165, 1.54) is 7.11 Å². The molecule has 0 saturated heterocycles. The monoisotopic (exact) mass is 206 g/mol. The van der Waals surface area contributed by atoms with Crippen molar-refractivity contribution in [1.82, 2.24) is 0 Å². The van der Waals surface area contributed by atoms with Gasteiger partial charge in [-0.15, -0.1) is 0 Å². The first-order valence-corrected chi connectivity index (χ1v) is 4.59. The van der Waals surface area contributed by atoms with Gasteiger partial charge in [-0.1, -0.05) is 6.58 Å². The van der Waals surface area contributed by atoms with Gasteiger partial charge in [0.1, 0.15) is 12.4 Å². The van der Waals surface area contributed by atoms with Crippen LogP contribution in [0, 0.1) is 0 Å². The number of esters is 1. The number of methoxy groups -OCH3 is 1. The Bertz CT molecular complexity index is 352. The minimum atomic E-state index is -0.346. The zero-order chi connectivity index (χ0) is 11.3. The highest BCUT2D eigenvalue weighted by atomic mass is 16.5. The molecule has 0 atom stereocenters. The van der Waals surface area contributed by atoms with Gasteiger partial charge >= 0.3 is 5.97 Å². The lowest BCUT2D eigenvalue weighted by Gasteiger charge is -2.05. The van der Waals surface area contributed by atoms with Gasteiger partial charge in [-0.3, -0.25) is 0 Å². The fourth-order valence-electron chi connectivity index (χ4n) is 1.01. The van der Waals surface area contributed by atoms with Crippen LogP contribution in [0.15, 0.2) is 36.4 Å². The molecule has 0 N–H and O–H groups in total. The van der Waals surface area contributed by atoms with Gasteiger partial charge in [-0.05, 0) is 36.8 Å². The summed E-state index contributed by atoms with van der Waals surface area (Å²) in [5.74, 6) is 0.368. The van der Waals surface area contributed by atoms with E-state index in [9.17, 15) is 4.79 Å². The molecule has 0 fully saturated rings. The molecule has 0 aliphatic rings. The second kappa shape index (κ2) is 5.20. The summed E-state index contributed by atoms with van der Waals surface area (Å²) < 4.78 is 9.96. The third-order valence-electron chi connectivity index (χ3n) is 1.76. The summed E-state index contributed by atoms with van der Waals surface area (Å²) in [4.78, 5) is 11.1. The average molecular weight is 206 g/mol. The van der Waals surface area contributed by atoms with Crippen molar-refractivity contribution in [3.63, 3.8) is 0 Å². The molecule has 0 radical (unpaired) electrons. The van der Waals surface area contributed by atoms with Crippen molar-refractivity contribution in [2.45, 2.75) is 6.92 Å². The lowest BCUT2D eigenvalue weighted by Crippen LogP contribution is -2.01. The van der Waals surface area contributed by atoms with Gasteiger partial charge in [0.05, 0.1) is 12.7 Å². The number of carbonyl (C=O) groups excluding carboxylic acids is 1. The maximum absolute atomic E-state index is 11.1. The van der Waals surface area contributed by atoms with Gasteiger partial charge in [0.2, 0.25) is 0 Å². The molecular formula is C12H14O3. The van der Waals surface area contributed by atoms with Crippen LogP contribution in [0.5, 0.6) is 5.75 Å². The van der Waals surface area contributed by atoms with E-state index in [1.54, 1.807) is 24.3 Å². The minimum Gasteiger partial charge on any atom is -0.489 e. The lowest BCUT2D eigenvalue weighted by atomic mass is 10.2. The highest BCUT2D eigenvalue weighted by Gasteiger charge is 2.04. The fourth-order valence-corrected chi connectivity index (χ4v) is 1.01. The van der Waals surface area contributed by atoms with Crippen LogP contribution >= 0.6 is 0 Å². The highest BCUT2D eigenvalue weighted by molar-refractivity contribution is 5.89. The molecule has 0 aromatic heterocycles. The van der Waals surface area contributed by atoms with Crippen LogP contribution in [0.25, 0.3) is 0 Å². The Hall–Kier alpha value is -1.77. The summed E-state index contributed by atoms with van der Waals surface area (Å²) in [6.45, 7) is 6.11. The molecule has 3 heteroatoms. The fraction of sp³-hybridized carbons (Fsp3) is 0.250. The van der Waals surface area contributed by atoms with Crippen molar-refractivity contribution in [2.75, 3.05) is 13.7 Å². The zero-order valence-corrected chi connectivity index (χ0v) is 8.95. The maximum Gasteiger partial charge on any atom is 0.337 e. The normalized spacial score (nSPS) is 9.47. The molecule has 1 aromatic rings. The molecule has 0 amide bonds. The van der Waals surface area contributed by atoms with Crippen molar-refractivity contribution in [3.8, 4) is 5.75 Å². The quantitative estimate of drug-likeness (QED) is 0.560. The summed E-state index contributed by atoms with van der Waals surface area (Å²) >= 11 is 0. The number of benzene rings is 1. The summed E-state index contributed by atoms with van der Waals surface area (Å²) in [7, 11) is 1.35. The van der Waals surface area contributed by atoms with E-state index in [4.69, 9.17) is 4.74 Å². The zero-order valence-electron chi connectivity index (χ0n) is 8.95. The van der Waals surface area contributed by atoms with E-state index >= 15 is 0 Å². The van der Waals surface area contributed by atoms with Crippen LogP contribution in [0.2, 0.25) is 0 Å². The number of carbonyl (C=O) groups is 1. The van der Waals surface area contributed by atoms with Gasteiger partial charge < -0.3 is 9.47 Å². The van der Waals surface area contributed by atoms with Gasteiger partial charge in [-0.2, -0.15) is 0 Å². The molecule has 0 unspecified atom stereocenters. The molecule has 1 rings (SSSR count). The first kappa shape index (κ1) is 11.3. The predicted octanol–water partition coefficient (Wildman–Crippen LogP) is 2.43. The van der Waals surface area contributed by atoms with E-state index in [-0.39, 0.29) is 5.97 Å². The van der Waals surface area contributed by atoms with Crippen LogP contribution in [-0.4, -0.2) is 19.7 Å². The van der Waals surface area contributed by atoms with Gasteiger partial charge in [-0.25, -0.2) is 4.79 Å². The molecule has 0 bridgehead atoms. The first-order chi connectivity index (χ1) is 7.13. The molecule has 15 heavy (non-hydrogen) atoms. The molecule has 0 aliphatic carbocycles. The Morgan fingerprint density at radius 3 is 2.40 bits per heavy atom. The van der Waals surface area contributed by atoms with Crippen molar-refractivity contribution in [3.05, 3.63) is 42.0 Å². The van der Waals surface area contributed by atoms with Crippen LogP contribution < -0.4 is 4.74 Å². The van der Waals surface area contributed by atoms with Crippen molar-refractivity contribution in [2.24, 2.45) is 0 Å². The van der Waals surface area contributed by atoms with E-state index in [2.05, 4.69) is 11.3 Å². The first-order valence-electron chi connectivity index (χ1n) is 4.59. The number of hydrogen-bond donors (Lipinski definition) is 0. The molecule has 1 aromatic carbocycles. The highest BCUT2D eigenvalue weighted by Crippen LogP contribution is 2.13. The molecule has 3 nitrogen and oxygen atoms in total. The average Bonchev–Trinajstić information content (AvgIpc) is 2.26. The minimum absolute atomic E-state index is 0.346. The standard InChI is InChI=1S/C12H14O3/c1-9(2)8-15-11-6-4-10(5-7-11)12(13)14-3/h4-7H,1,8H2,2-3H3. The molecule has 0 saturated carbocycles. The predicted molar refractivity (Wildman–Crippen MR) is 58.1 cm³/mol. The van der Waals surface area contributed by atoms with E-state index < -0.39 is 0 Å². The summed E-state index contributed by atoms with van der Waals surface area (Å²) in [5, 5.41) is 0. The third-order valence-corrected chi connectivity index (χ3v) is 1.76. The Labute approximate surface area is 89.3 Å². The van der Waals surface area contributed by atoms with Crippen molar-refractivity contribution in [1.29, 1.82) is 0 Å². The van der Waals surface area contributed by atoms with Crippen LogP contribution in [0.1, 0.15) is 17.3 Å². The van der Waals surface area contributed by atoms with Crippen molar-refractivity contribution >= 4 is 5.97 Å². The van der Waals surface area contributed by atoms with E-state index in [0.29, 0.717) is 17.9 Å². The Morgan fingerprint density at radius 2 is 1.93 bits per heavy atom. The largest absolute Gasteiger partial charge is 0.489 e.